The first-order valence-corrected chi connectivity index (χ1v) is 6.96. The quantitative estimate of drug-likeness (QED) is 0.822. The van der Waals surface area contributed by atoms with Crippen LogP contribution in [0.5, 0.6) is 0 Å². The van der Waals surface area contributed by atoms with Crippen LogP contribution in [0, 0.1) is 0 Å². The molecule has 1 heterocycles. The predicted molar refractivity (Wildman–Crippen MR) is 77.2 cm³/mol. The Hall–Kier alpha value is -1.72. The Morgan fingerprint density at radius 2 is 2.05 bits per heavy atom. The highest BCUT2D eigenvalue weighted by Gasteiger charge is 2.18. The van der Waals surface area contributed by atoms with Gasteiger partial charge in [-0.05, 0) is 12.5 Å². The number of nitrogens with zero attached hydrogens (tertiary/aromatic N) is 1. The fraction of sp³-hybridized carbons (Fsp3) is 0.467. The second-order valence-corrected chi connectivity index (χ2v) is 5.22. The molecule has 1 unspecified atom stereocenters. The molecule has 0 bridgehead atoms. The second kappa shape index (κ2) is 7.17. The van der Waals surface area contributed by atoms with E-state index >= 15 is 0 Å². The van der Waals surface area contributed by atoms with Crippen molar-refractivity contribution >= 4 is 11.8 Å². The van der Waals surface area contributed by atoms with Crippen molar-refractivity contribution in [1.82, 2.24) is 15.5 Å². The van der Waals surface area contributed by atoms with Gasteiger partial charge in [0, 0.05) is 25.7 Å². The molecule has 0 aliphatic carbocycles. The molecule has 2 N–H and O–H groups in total. The fourth-order valence-corrected chi connectivity index (χ4v) is 2.38. The second-order valence-electron chi connectivity index (χ2n) is 5.22. The average Bonchev–Trinajstić information content (AvgIpc) is 2.39. The molecular weight excluding hydrogens is 254 g/mol. The lowest BCUT2D eigenvalue weighted by atomic mass is 10.1. The number of amides is 2. The number of imide groups is 1. The lowest BCUT2D eigenvalue weighted by Gasteiger charge is -2.31. The molecule has 1 aliphatic rings. The van der Waals surface area contributed by atoms with Crippen molar-refractivity contribution in [3.63, 3.8) is 0 Å². The molecule has 2 rings (SSSR count). The molecule has 0 radical (unpaired) electrons. The van der Waals surface area contributed by atoms with E-state index in [-0.39, 0.29) is 24.8 Å². The van der Waals surface area contributed by atoms with E-state index in [9.17, 15) is 9.59 Å². The number of nitrogens with one attached hydrogen (secondary N) is 2. The molecule has 0 spiro atoms. The van der Waals surface area contributed by atoms with Gasteiger partial charge < -0.3 is 5.32 Å². The summed E-state index contributed by atoms with van der Waals surface area (Å²) in [7, 11) is 0. The van der Waals surface area contributed by atoms with E-state index in [0.717, 1.165) is 25.2 Å². The van der Waals surface area contributed by atoms with Gasteiger partial charge in [-0.1, -0.05) is 30.3 Å². The number of rotatable bonds is 4. The summed E-state index contributed by atoms with van der Waals surface area (Å²) in [6.07, 6.45) is 0.241. The maximum atomic E-state index is 11.8. The van der Waals surface area contributed by atoms with E-state index in [2.05, 4.69) is 22.5 Å². The highest BCUT2D eigenvalue weighted by Crippen LogP contribution is 2.00. The van der Waals surface area contributed by atoms with Crippen LogP contribution in [0.3, 0.4) is 0 Å². The molecule has 2 amide bonds. The molecule has 1 aromatic carbocycles. The van der Waals surface area contributed by atoms with Crippen molar-refractivity contribution in [1.29, 1.82) is 0 Å². The number of hydrogen-bond acceptors (Lipinski definition) is 4. The van der Waals surface area contributed by atoms with Crippen LogP contribution in [0.15, 0.2) is 30.3 Å². The Labute approximate surface area is 119 Å². The summed E-state index contributed by atoms with van der Waals surface area (Å²) in [6, 6.07) is 9.80. The van der Waals surface area contributed by atoms with Crippen molar-refractivity contribution in [3.8, 4) is 0 Å². The van der Waals surface area contributed by atoms with Gasteiger partial charge in [-0.3, -0.25) is 19.8 Å². The molecule has 0 saturated carbocycles. The van der Waals surface area contributed by atoms with Crippen molar-refractivity contribution in [2.75, 3.05) is 26.2 Å². The Bertz CT molecular complexity index is 461. The number of carbonyl (C=O) groups excluding carboxylic acids is 2. The summed E-state index contributed by atoms with van der Waals surface area (Å²) in [5, 5.41) is 5.77. The van der Waals surface area contributed by atoms with E-state index in [1.54, 1.807) is 0 Å². The molecule has 1 fully saturated rings. The Morgan fingerprint density at radius 3 is 2.75 bits per heavy atom. The smallest absolute Gasteiger partial charge is 0.240 e. The van der Waals surface area contributed by atoms with Crippen LogP contribution in [0.25, 0.3) is 0 Å². The molecule has 0 aromatic heterocycles. The van der Waals surface area contributed by atoms with Crippen LogP contribution in [0.1, 0.15) is 12.5 Å². The van der Waals surface area contributed by atoms with Gasteiger partial charge in [-0.25, -0.2) is 0 Å². The minimum Gasteiger partial charge on any atom is -0.312 e. The predicted octanol–water partition coefficient (Wildman–Crippen LogP) is 0.166. The first-order valence-electron chi connectivity index (χ1n) is 6.96. The molecule has 1 aromatic rings. The molecular formula is C15H21N3O2. The van der Waals surface area contributed by atoms with Gasteiger partial charge in [0.1, 0.15) is 0 Å². The van der Waals surface area contributed by atoms with Crippen molar-refractivity contribution in [2.45, 2.75) is 19.4 Å². The highest BCUT2D eigenvalue weighted by molar-refractivity contribution is 5.96. The number of carbonyl (C=O) groups is 2. The fourth-order valence-electron chi connectivity index (χ4n) is 2.38. The van der Waals surface area contributed by atoms with Gasteiger partial charge in [0.25, 0.3) is 0 Å². The maximum absolute atomic E-state index is 11.8. The monoisotopic (exact) mass is 275 g/mol. The van der Waals surface area contributed by atoms with E-state index in [1.165, 1.54) is 0 Å². The van der Waals surface area contributed by atoms with Crippen LogP contribution < -0.4 is 10.6 Å². The summed E-state index contributed by atoms with van der Waals surface area (Å²) in [5.74, 6) is -0.468. The Kier molecular flexibility index (Phi) is 5.26. The molecule has 108 valence electrons. The summed E-state index contributed by atoms with van der Waals surface area (Å²) >= 11 is 0. The third-order valence-corrected chi connectivity index (χ3v) is 3.31. The van der Waals surface area contributed by atoms with E-state index < -0.39 is 0 Å². The zero-order valence-electron chi connectivity index (χ0n) is 11.8. The molecule has 20 heavy (non-hydrogen) atoms. The first-order chi connectivity index (χ1) is 9.63. The highest BCUT2D eigenvalue weighted by atomic mass is 16.2. The summed E-state index contributed by atoms with van der Waals surface area (Å²) in [4.78, 5) is 25.7. The Balaban J connectivity index is 1.75. The van der Waals surface area contributed by atoms with Crippen LogP contribution in [0.2, 0.25) is 0 Å². The summed E-state index contributed by atoms with van der Waals surface area (Å²) < 4.78 is 0. The zero-order valence-corrected chi connectivity index (χ0v) is 11.8. The van der Waals surface area contributed by atoms with Gasteiger partial charge in [-0.15, -0.1) is 0 Å². The van der Waals surface area contributed by atoms with Crippen LogP contribution in [-0.2, 0) is 16.0 Å². The van der Waals surface area contributed by atoms with Crippen molar-refractivity contribution < 1.29 is 9.59 Å². The normalized spacial score (nSPS) is 19.6. The number of hydrogen-bond donors (Lipinski definition) is 2. The topological polar surface area (TPSA) is 61.4 Å². The maximum Gasteiger partial charge on any atom is 0.240 e. The molecule has 5 nitrogen and oxygen atoms in total. The van der Waals surface area contributed by atoms with Gasteiger partial charge in [0.15, 0.2) is 0 Å². The lowest BCUT2D eigenvalue weighted by Crippen LogP contribution is -2.52. The van der Waals surface area contributed by atoms with Crippen LogP contribution in [-0.4, -0.2) is 48.9 Å². The number of benzene rings is 1. The number of piperazine rings is 1. The van der Waals surface area contributed by atoms with E-state index in [1.807, 2.05) is 30.3 Å². The van der Waals surface area contributed by atoms with Crippen molar-refractivity contribution in [3.05, 3.63) is 35.9 Å². The average molecular weight is 275 g/mol. The molecule has 1 atom stereocenters. The molecule has 1 saturated heterocycles. The largest absolute Gasteiger partial charge is 0.312 e. The third-order valence-electron chi connectivity index (χ3n) is 3.31. The first kappa shape index (κ1) is 14.7. The van der Waals surface area contributed by atoms with Crippen molar-refractivity contribution in [2.24, 2.45) is 0 Å². The third kappa shape index (κ3) is 4.75. The standard InChI is InChI=1S/C15H21N3O2/c1-12-10-18(8-7-16-12)11-15(20)17-14(19)9-13-5-3-2-4-6-13/h2-6,12,16H,7-11H2,1H3,(H,17,19,20). The zero-order chi connectivity index (χ0) is 14.4. The van der Waals surface area contributed by atoms with Crippen LogP contribution in [0.4, 0.5) is 0 Å². The summed E-state index contributed by atoms with van der Waals surface area (Å²) in [6.45, 7) is 4.93. The minimum atomic E-state index is -0.246. The van der Waals surface area contributed by atoms with Gasteiger partial charge >= 0.3 is 0 Å². The van der Waals surface area contributed by atoms with E-state index in [0.29, 0.717) is 6.04 Å². The van der Waals surface area contributed by atoms with Gasteiger partial charge in [0.2, 0.25) is 11.8 Å². The molecule has 1 aliphatic heterocycles. The van der Waals surface area contributed by atoms with Crippen LogP contribution >= 0.6 is 0 Å². The summed E-state index contributed by atoms with van der Waals surface area (Å²) in [5.41, 5.74) is 0.911. The Morgan fingerprint density at radius 1 is 1.30 bits per heavy atom. The molecule has 5 heteroatoms. The van der Waals surface area contributed by atoms with E-state index in [4.69, 9.17) is 0 Å². The van der Waals surface area contributed by atoms with Gasteiger partial charge in [-0.2, -0.15) is 0 Å². The lowest BCUT2D eigenvalue weighted by molar-refractivity contribution is -0.130. The van der Waals surface area contributed by atoms with Gasteiger partial charge in [0.05, 0.1) is 13.0 Å². The SMILES string of the molecule is CC1CN(CC(=O)NC(=O)Cc2ccccc2)CCN1. The minimum absolute atomic E-state index is 0.222.